The van der Waals surface area contributed by atoms with Gasteiger partial charge in [0, 0.05) is 12.3 Å². The molecule has 0 aromatic carbocycles. The van der Waals surface area contributed by atoms with E-state index < -0.39 is 0 Å². The Labute approximate surface area is 124 Å². The molecule has 5 heteroatoms. The number of hydrogen-bond donors (Lipinski definition) is 1. The van der Waals surface area contributed by atoms with Gasteiger partial charge >= 0.3 is 0 Å². The van der Waals surface area contributed by atoms with E-state index in [4.69, 9.17) is 0 Å². The number of aromatic hydroxyl groups is 1. The van der Waals surface area contributed by atoms with Gasteiger partial charge in [0.15, 0.2) is 5.16 Å². The van der Waals surface area contributed by atoms with Crippen molar-refractivity contribution in [2.75, 3.05) is 5.75 Å². The predicted octanol–water partition coefficient (Wildman–Crippen LogP) is 3.35. The highest BCUT2D eigenvalue weighted by Gasteiger charge is 2.18. The zero-order chi connectivity index (χ0) is 14.4. The van der Waals surface area contributed by atoms with Crippen LogP contribution < -0.4 is 5.56 Å². The number of thioether (sulfide) groups is 1. The first kappa shape index (κ1) is 15.4. The van der Waals surface area contributed by atoms with Crippen LogP contribution in [0.1, 0.15) is 57.4 Å². The Bertz CT molecular complexity index is 499. The Morgan fingerprint density at radius 2 is 2.00 bits per heavy atom. The van der Waals surface area contributed by atoms with E-state index in [0.717, 1.165) is 31.6 Å². The summed E-state index contributed by atoms with van der Waals surface area (Å²) in [5.74, 6) is 0.923. The Morgan fingerprint density at radius 1 is 1.25 bits per heavy atom. The van der Waals surface area contributed by atoms with Crippen molar-refractivity contribution >= 4 is 11.8 Å². The zero-order valence-corrected chi connectivity index (χ0v) is 13.0. The molecule has 1 aliphatic heterocycles. The van der Waals surface area contributed by atoms with Gasteiger partial charge in [-0.3, -0.25) is 9.36 Å². The van der Waals surface area contributed by atoms with Crippen molar-refractivity contribution in [2.24, 2.45) is 0 Å². The minimum Gasteiger partial charge on any atom is -0.493 e. The molecule has 1 N–H and O–H groups in total. The fourth-order valence-electron chi connectivity index (χ4n) is 2.56. The highest BCUT2D eigenvalue weighted by molar-refractivity contribution is 7.99. The first-order valence-corrected chi connectivity index (χ1v) is 8.68. The van der Waals surface area contributed by atoms with Gasteiger partial charge in [0.05, 0.1) is 5.56 Å². The second-order valence-electron chi connectivity index (χ2n) is 5.37. The molecule has 0 atom stereocenters. The molecule has 1 aromatic rings. The fraction of sp³-hybridized carbons (Fsp3) is 0.733. The summed E-state index contributed by atoms with van der Waals surface area (Å²) >= 11 is 1.56. The molecule has 0 radical (unpaired) electrons. The van der Waals surface area contributed by atoms with Gasteiger partial charge in [-0.15, -0.1) is 0 Å². The third-order valence-corrected chi connectivity index (χ3v) is 4.81. The van der Waals surface area contributed by atoms with Crippen LogP contribution in [0.15, 0.2) is 9.95 Å². The maximum absolute atomic E-state index is 12.4. The lowest BCUT2D eigenvalue weighted by Gasteiger charge is -2.18. The minimum absolute atomic E-state index is 0.0340. The summed E-state index contributed by atoms with van der Waals surface area (Å²) in [7, 11) is 0. The maximum Gasteiger partial charge on any atom is 0.261 e. The Morgan fingerprint density at radius 3 is 2.80 bits per heavy atom. The lowest BCUT2D eigenvalue weighted by Crippen LogP contribution is -2.28. The fourth-order valence-corrected chi connectivity index (χ4v) is 3.50. The van der Waals surface area contributed by atoms with E-state index in [2.05, 4.69) is 11.9 Å². The van der Waals surface area contributed by atoms with Crippen molar-refractivity contribution < 1.29 is 5.11 Å². The molecule has 1 aromatic heterocycles. The third kappa shape index (κ3) is 3.78. The van der Waals surface area contributed by atoms with Crippen LogP contribution in [0.25, 0.3) is 0 Å². The van der Waals surface area contributed by atoms with Crippen molar-refractivity contribution in [3.63, 3.8) is 0 Å². The predicted molar refractivity (Wildman–Crippen MR) is 82.6 cm³/mol. The average Bonchev–Trinajstić information content (AvgIpc) is 2.45. The summed E-state index contributed by atoms with van der Waals surface area (Å²) in [5, 5.41) is 10.6. The molecule has 0 bridgehead atoms. The highest BCUT2D eigenvalue weighted by atomic mass is 32.2. The van der Waals surface area contributed by atoms with E-state index >= 15 is 0 Å². The smallest absolute Gasteiger partial charge is 0.261 e. The lowest BCUT2D eigenvalue weighted by molar-refractivity contribution is 0.417. The van der Waals surface area contributed by atoms with Crippen LogP contribution in [0.3, 0.4) is 0 Å². The van der Waals surface area contributed by atoms with Gasteiger partial charge in [0.1, 0.15) is 0 Å². The topological polar surface area (TPSA) is 55.1 Å². The molecule has 112 valence electrons. The van der Waals surface area contributed by atoms with Gasteiger partial charge in [-0.25, -0.2) is 0 Å². The van der Waals surface area contributed by atoms with Crippen LogP contribution in [0.4, 0.5) is 0 Å². The number of nitrogens with zero attached hydrogens (tertiary/aromatic N) is 2. The quantitative estimate of drug-likeness (QED) is 0.619. The number of hydrogen-bond acceptors (Lipinski definition) is 4. The molecule has 0 spiro atoms. The highest BCUT2D eigenvalue weighted by Crippen LogP contribution is 2.24. The molecule has 0 unspecified atom stereocenters. The summed E-state index contributed by atoms with van der Waals surface area (Å²) in [5.41, 5.74) is 0.472. The summed E-state index contributed by atoms with van der Waals surface area (Å²) < 4.78 is 1.72. The third-order valence-electron chi connectivity index (χ3n) is 3.74. The van der Waals surface area contributed by atoms with E-state index in [-0.39, 0.29) is 11.4 Å². The Balaban J connectivity index is 1.96. The lowest BCUT2D eigenvalue weighted by atomic mass is 10.1. The van der Waals surface area contributed by atoms with Gasteiger partial charge < -0.3 is 5.11 Å². The van der Waals surface area contributed by atoms with Crippen LogP contribution in [0.5, 0.6) is 5.88 Å². The Hall–Kier alpha value is -0.970. The summed E-state index contributed by atoms with van der Waals surface area (Å²) in [6, 6.07) is 0. The molecule has 0 fully saturated rings. The average molecular weight is 296 g/mol. The molecule has 0 amide bonds. The molecule has 0 saturated heterocycles. The van der Waals surface area contributed by atoms with E-state index in [1.807, 2.05) is 0 Å². The molecular formula is C15H24N2O2S. The monoisotopic (exact) mass is 296 g/mol. The Kier molecular flexibility index (Phi) is 5.95. The van der Waals surface area contributed by atoms with Crippen molar-refractivity contribution in [1.82, 2.24) is 9.55 Å². The van der Waals surface area contributed by atoms with Gasteiger partial charge in [-0.05, 0) is 19.3 Å². The number of aromatic nitrogens is 2. The second-order valence-corrected chi connectivity index (χ2v) is 6.44. The molecular weight excluding hydrogens is 272 g/mol. The van der Waals surface area contributed by atoms with Crippen LogP contribution >= 0.6 is 11.8 Å². The molecule has 4 nitrogen and oxygen atoms in total. The van der Waals surface area contributed by atoms with E-state index in [1.54, 1.807) is 16.3 Å². The van der Waals surface area contributed by atoms with Crippen molar-refractivity contribution in [1.29, 1.82) is 0 Å². The first-order chi connectivity index (χ1) is 9.74. The van der Waals surface area contributed by atoms with Gasteiger partial charge in [0.2, 0.25) is 5.88 Å². The SMILES string of the molecule is CCCCCCCCc1c(O)nc2n(c1=O)CCCS2. The van der Waals surface area contributed by atoms with E-state index in [9.17, 15) is 9.90 Å². The van der Waals surface area contributed by atoms with Crippen LogP contribution in [0.2, 0.25) is 0 Å². The van der Waals surface area contributed by atoms with Gasteiger partial charge in [0.25, 0.3) is 5.56 Å². The maximum atomic E-state index is 12.4. The number of unbranched alkanes of at least 4 members (excludes halogenated alkanes) is 5. The first-order valence-electron chi connectivity index (χ1n) is 7.69. The zero-order valence-electron chi connectivity index (χ0n) is 12.2. The van der Waals surface area contributed by atoms with Crippen LogP contribution in [-0.4, -0.2) is 20.4 Å². The van der Waals surface area contributed by atoms with Crippen molar-refractivity contribution in [2.45, 2.75) is 70.0 Å². The van der Waals surface area contributed by atoms with Crippen LogP contribution in [-0.2, 0) is 13.0 Å². The van der Waals surface area contributed by atoms with E-state index in [0.29, 0.717) is 17.1 Å². The largest absolute Gasteiger partial charge is 0.493 e. The summed E-state index contributed by atoms with van der Waals surface area (Å²) in [6.07, 6.45) is 8.73. The van der Waals surface area contributed by atoms with Crippen molar-refractivity contribution in [3.8, 4) is 5.88 Å². The van der Waals surface area contributed by atoms with Gasteiger partial charge in [-0.2, -0.15) is 4.98 Å². The second kappa shape index (κ2) is 7.72. The summed E-state index contributed by atoms with van der Waals surface area (Å²) in [6.45, 7) is 2.94. The normalized spacial score (nSPS) is 14.2. The van der Waals surface area contributed by atoms with Crippen LogP contribution in [0, 0.1) is 0 Å². The number of fused-ring (bicyclic) bond motifs is 1. The molecule has 1 aliphatic rings. The standard InChI is InChI=1S/C15H24N2O2S/c1-2-3-4-5-6-7-9-12-13(18)16-15-17(14(12)19)10-8-11-20-15/h18H,2-11H2,1H3. The molecule has 0 saturated carbocycles. The minimum atomic E-state index is -0.0517. The van der Waals surface area contributed by atoms with Crippen molar-refractivity contribution in [3.05, 3.63) is 15.9 Å². The molecule has 2 heterocycles. The summed E-state index contributed by atoms with van der Waals surface area (Å²) in [4.78, 5) is 16.5. The van der Waals surface area contributed by atoms with E-state index in [1.165, 1.54) is 25.7 Å². The molecule has 2 rings (SSSR count). The number of rotatable bonds is 7. The molecule has 20 heavy (non-hydrogen) atoms. The van der Waals surface area contributed by atoms with Gasteiger partial charge in [-0.1, -0.05) is 50.8 Å². The molecule has 0 aliphatic carbocycles.